The summed E-state index contributed by atoms with van der Waals surface area (Å²) in [6.07, 6.45) is 0. The third-order valence-electron chi connectivity index (χ3n) is 2.32. The maximum Gasteiger partial charge on any atom is 0.123 e. The molecule has 0 radical (unpaired) electrons. The van der Waals surface area contributed by atoms with Crippen LogP contribution in [0.2, 0.25) is 0 Å². The SMILES string of the molecule is Fc1ccc(P(=S)(Cl)c2ccc(F)cc2)cc1. The van der Waals surface area contributed by atoms with Crippen molar-refractivity contribution in [2.75, 3.05) is 0 Å². The molecule has 2 rings (SSSR count). The van der Waals surface area contributed by atoms with E-state index in [0.29, 0.717) is 10.6 Å². The maximum atomic E-state index is 12.8. The van der Waals surface area contributed by atoms with Crippen molar-refractivity contribution < 1.29 is 8.78 Å². The van der Waals surface area contributed by atoms with Gasteiger partial charge in [-0.3, -0.25) is 0 Å². The summed E-state index contributed by atoms with van der Waals surface area (Å²) in [5.74, 6) is -0.668. The van der Waals surface area contributed by atoms with E-state index in [0.717, 1.165) is 0 Å². The van der Waals surface area contributed by atoms with Crippen molar-refractivity contribution in [3.63, 3.8) is 0 Å². The number of rotatable bonds is 2. The van der Waals surface area contributed by atoms with Crippen LogP contribution in [0.25, 0.3) is 0 Å². The first-order chi connectivity index (χ1) is 8.00. The summed E-state index contributed by atoms with van der Waals surface area (Å²) in [5.41, 5.74) is 0. The Bertz CT molecular complexity index is 517. The van der Waals surface area contributed by atoms with Gasteiger partial charge >= 0.3 is 0 Å². The van der Waals surface area contributed by atoms with Crippen LogP contribution in [0.1, 0.15) is 0 Å². The minimum Gasteiger partial charge on any atom is -0.207 e. The molecule has 0 aromatic heterocycles. The van der Waals surface area contributed by atoms with E-state index >= 15 is 0 Å². The molecular formula is C12H8ClF2PS. The predicted octanol–water partition coefficient (Wildman–Crippen LogP) is 3.55. The molecule has 0 spiro atoms. The molecule has 0 aliphatic heterocycles. The molecule has 2 aromatic carbocycles. The predicted molar refractivity (Wildman–Crippen MR) is 72.2 cm³/mol. The molecule has 0 nitrogen and oxygen atoms in total. The van der Waals surface area contributed by atoms with Crippen molar-refractivity contribution in [2.24, 2.45) is 0 Å². The summed E-state index contributed by atoms with van der Waals surface area (Å²) in [7, 11) is 0. The van der Waals surface area contributed by atoms with Crippen LogP contribution in [0.3, 0.4) is 0 Å². The van der Waals surface area contributed by atoms with E-state index in [9.17, 15) is 8.78 Å². The van der Waals surface area contributed by atoms with Gasteiger partial charge in [0.25, 0.3) is 0 Å². The average Bonchev–Trinajstić information content (AvgIpc) is 2.30. The highest BCUT2D eigenvalue weighted by molar-refractivity contribution is 8.34. The van der Waals surface area contributed by atoms with E-state index in [1.807, 2.05) is 0 Å². The normalized spacial score (nSPS) is 11.5. The summed E-state index contributed by atoms with van der Waals surface area (Å²) in [4.78, 5) is 0. The van der Waals surface area contributed by atoms with E-state index in [2.05, 4.69) is 0 Å². The number of benzene rings is 2. The second kappa shape index (κ2) is 4.85. The molecule has 0 unspecified atom stereocenters. The van der Waals surface area contributed by atoms with Gasteiger partial charge < -0.3 is 0 Å². The molecule has 0 fully saturated rings. The summed E-state index contributed by atoms with van der Waals surface area (Å²) < 4.78 is 25.6. The fourth-order valence-corrected chi connectivity index (χ4v) is 4.18. The van der Waals surface area contributed by atoms with Gasteiger partial charge in [-0.2, -0.15) is 0 Å². The van der Waals surface area contributed by atoms with Gasteiger partial charge in [0.05, 0.1) is 5.39 Å². The lowest BCUT2D eigenvalue weighted by atomic mass is 10.3. The first-order valence-corrected chi connectivity index (χ1v) is 8.53. The third-order valence-corrected chi connectivity index (χ3v) is 6.68. The summed E-state index contributed by atoms with van der Waals surface area (Å²) in [6, 6.07) is 11.6. The highest BCUT2D eigenvalue weighted by Crippen LogP contribution is 2.49. The van der Waals surface area contributed by atoms with Gasteiger partial charge in [-0.05, 0) is 48.5 Å². The smallest absolute Gasteiger partial charge is 0.123 e. The molecule has 0 amide bonds. The maximum absolute atomic E-state index is 12.8. The van der Waals surface area contributed by atoms with Crippen LogP contribution in [-0.4, -0.2) is 0 Å². The molecule has 17 heavy (non-hydrogen) atoms. The van der Waals surface area contributed by atoms with Crippen molar-refractivity contribution in [1.82, 2.24) is 0 Å². The van der Waals surface area contributed by atoms with E-state index in [4.69, 9.17) is 23.0 Å². The second-order valence-electron chi connectivity index (χ2n) is 3.49. The summed E-state index contributed by atoms with van der Waals surface area (Å²) in [6.45, 7) is 0. The molecule has 0 atom stereocenters. The van der Waals surface area contributed by atoms with Crippen molar-refractivity contribution >= 4 is 39.0 Å². The second-order valence-corrected chi connectivity index (χ2v) is 9.35. The van der Waals surface area contributed by atoms with Gasteiger partial charge in [-0.25, -0.2) is 8.78 Å². The first-order valence-electron chi connectivity index (χ1n) is 4.82. The minimum absolute atomic E-state index is 0.334. The van der Waals surface area contributed by atoms with Crippen LogP contribution >= 0.6 is 16.6 Å². The molecule has 0 aliphatic carbocycles. The molecule has 88 valence electrons. The largest absolute Gasteiger partial charge is 0.207 e. The number of hydrogen-bond donors (Lipinski definition) is 0. The zero-order chi connectivity index (χ0) is 12.5. The quantitative estimate of drug-likeness (QED) is 0.762. The molecule has 0 saturated heterocycles. The Balaban J connectivity index is 2.45. The third kappa shape index (κ3) is 2.74. The molecule has 5 heteroatoms. The molecule has 0 N–H and O–H groups in total. The van der Waals surface area contributed by atoms with Gasteiger partial charge in [-0.1, -0.05) is 23.0 Å². The topological polar surface area (TPSA) is 0 Å². The fraction of sp³-hybridized carbons (Fsp3) is 0. The van der Waals surface area contributed by atoms with Gasteiger partial charge in [0.1, 0.15) is 11.6 Å². The molecular weight excluding hydrogens is 281 g/mol. The van der Waals surface area contributed by atoms with E-state index in [1.54, 1.807) is 24.3 Å². The summed E-state index contributed by atoms with van der Waals surface area (Å²) in [5, 5.41) is -1.07. The Labute approximate surface area is 108 Å². The van der Waals surface area contributed by atoms with Crippen LogP contribution in [0.15, 0.2) is 48.5 Å². The molecule has 2 aromatic rings. The van der Waals surface area contributed by atoms with Crippen LogP contribution in [-0.2, 0) is 11.8 Å². The Kier molecular flexibility index (Phi) is 3.62. The minimum atomic E-state index is -2.46. The van der Waals surface area contributed by atoms with Crippen molar-refractivity contribution in [2.45, 2.75) is 0 Å². The monoisotopic (exact) mass is 288 g/mol. The lowest BCUT2D eigenvalue weighted by molar-refractivity contribution is 0.628. The molecule has 0 saturated carbocycles. The van der Waals surface area contributed by atoms with E-state index in [1.165, 1.54) is 24.3 Å². The van der Waals surface area contributed by atoms with Crippen LogP contribution in [0.4, 0.5) is 8.78 Å². The Morgan fingerprint density at radius 1 is 0.765 bits per heavy atom. The fourth-order valence-electron chi connectivity index (χ4n) is 1.41. The number of halogens is 3. The Morgan fingerprint density at radius 3 is 1.35 bits per heavy atom. The zero-order valence-corrected chi connectivity index (χ0v) is 11.1. The highest BCUT2D eigenvalue weighted by Gasteiger charge is 2.19. The zero-order valence-electron chi connectivity index (χ0n) is 8.61. The first kappa shape index (κ1) is 12.7. The number of hydrogen-bond acceptors (Lipinski definition) is 1. The van der Waals surface area contributed by atoms with Crippen molar-refractivity contribution in [1.29, 1.82) is 0 Å². The van der Waals surface area contributed by atoms with Crippen LogP contribution < -0.4 is 10.6 Å². The lowest BCUT2D eigenvalue weighted by Gasteiger charge is -2.14. The average molecular weight is 289 g/mol. The summed E-state index contributed by atoms with van der Waals surface area (Å²) >= 11 is 11.8. The van der Waals surface area contributed by atoms with Gasteiger partial charge in [0.15, 0.2) is 0 Å². The lowest BCUT2D eigenvalue weighted by Crippen LogP contribution is -2.11. The molecule has 0 heterocycles. The van der Waals surface area contributed by atoms with Gasteiger partial charge in [0.2, 0.25) is 0 Å². The molecule has 0 bridgehead atoms. The van der Waals surface area contributed by atoms with Crippen molar-refractivity contribution in [3.8, 4) is 0 Å². The highest BCUT2D eigenvalue weighted by atomic mass is 35.7. The van der Waals surface area contributed by atoms with Gasteiger partial charge in [-0.15, -0.1) is 0 Å². The van der Waals surface area contributed by atoms with E-state index < -0.39 is 5.39 Å². The molecule has 0 aliphatic rings. The Morgan fingerprint density at radius 2 is 1.06 bits per heavy atom. The van der Waals surface area contributed by atoms with E-state index in [-0.39, 0.29) is 11.6 Å². The van der Waals surface area contributed by atoms with Gasteiger partial charge in [0, 0.05) is 10.6 Å². The van der Waals surface area contributed by atoms with Crippen LogP contribution in [0, 0.1) is 11.6 Å². The Hall–Kier alpha value is -0.760. The van der Waals surface area contributed by atoms with Crippen molar-refractivity contribution in [3.05, 3.63) is 60.2 Å². The van der Waals surface area contributed by atoms with Crippen LogP contribution in [0.5, 0.6) is 0 Å². The standard InChI is InChI=1S/C12H8ClF2PS/c13-16(17,11-5-1-9(14)2-6-11)12-7-3-10(15)4-8-12/h1-8H.